The van der Waals surface area contributed by atoms with Crippen molar-refractivity contribution in [1.82, 2.24) is 29.6 Å². The molecule has 3 aromatic carbocycles. The zero-order valence-electron chi connectivity index (χ0n) is 30.0. The van der Waals surface area contributed by atoms with Crippen LogP contribution in [0.5, 0.6) is 5.88 Å². The number of halogens is 5. The van der Waals surface area contributed by atoms with Crippen LogP contribution in [0.1, 0.15) is 70.3 Å². The van der Waals surface area contributed by atoms with Crippen molar-refractivity contribution in [2.24, 2.45) is 0 Å². The van der Waals surface area contributed by atoms with Crippen molar-refractivity contribution in [2.75, 3.05) is 25.0 Å². The first kappa shape index (κ1) is 36.3. The number of hydrogen-bond acceptors (Lipinski definition) is 7. The molecule has 9 rings (SSSR count). The van der Waals surface area contributed by atoms with Crippen molar-refractivity contribution in [2.45, 2.75) is 63.6 Å². The van der Waals surface area contributed by atoms with E-state index in [1.807, 2.05) is 18.2 Å². The van der Waals surface area contributed by atoms with E-state index in [0.29, 0.717) is 59.3 Å². The zero-order valence-corrected chi connectivity index (χ0v) is 30.8. The summed E-state index contributed by atoms with van der Waals surface area (Å²) >= 11 is 5.87. The van der Waals surface area contributed by atoms with Crippen molar-refractivity contribution >= 4 is 50.7 Å². The summed E-state index contributed by atoms with van der Waals surface area (Å²) in [6.45, 7) is 3.28. The lowest BCUT2D eigenvalue weighted by Gasteiger charge is -2.29. The van der Waals surface area contributed by atoms with Gasteiger partial charge in [0.25, 0.3) is 5.91 Å². The number of hydrogen-bond donors (Lipinski definition) is 2. The fourth-order valence-corrected chi connectivity index (χ4v) is 7.50. The molecule has 1 saturated carbocycles. The van der Waals surface area contributed by atoms with Crippen LogP contribution < -0.4 is 10.1 Å². The van der Waals surface area contributed by atoms with Crippen LogP contribution in [0.3, 0.4) is 0 Å². The van der Waals surface area contributed by atoms with Gasteiger partial charge in [-0.3, -0.25) is 14.8 Å². The minimum absolute atomic E-state index is 0.0253. The Morgan fingerprint density at radius 3 is 2.64 bits per heavy atom. The van der Waals surface area contributed by atoms with Gasteiger partial charge in [0.2, 0.25) is 5.88 Å². The number of fused-ring (bicyclic) bond motifs is 2. The molecule has 1 amide bonds. The average molecular weight is 786 g/mol. The Kier molecular flexibility index (Phi) is 9.50. The fraction of sp³-hybridized carbons (Fsp3) is 0.317. The van der Waals surface area contributed by atoms with Crippen molar-refractivity contribution in [3.05, 3.63) is 118 Å². The Bertz CT molecular complexity index is 2510. The summed E-state index contributed by atoms with van der Waals surface area (Å²) in [7, 11) is 0. The molecule has 1 saturated heterocycles. The third kappa shape index (κ3) is 7.48. The first-order chi connectivity index (χ1) is 27.1. The van der Waals surface area contributed by atoms with Crippen LogP contribution in [-0.2, 0) is 30.6 Å². The molecule has 10 nitrogen and oxygen atoms in total. The van der Waals surface area contributed by atoms with E-state index in [4.69, 9.17) is 26.1 Å². The van der Waals surface area contributed by atoms with Crippen molar-refractivity contribution in [3.63, 3.8) is 0 Å². The Morgan fingerprint density at radius 1 is 1.05 bits per heavy atom. The molecule has 0 spiro atoms. The molecular formula is C41H36ClF4N7O3. The van der Waals surface area contributed by atoms with E-state index in [1.165, 1.54) is 6.07 Å². The highest BCUT2D eigenvalue weighted by atomic mass is 35.5. The maximum atomic E-state index is 14.3. The van der Waals surface area contributed by atoms with Crippen LogP contribution in [0.25, 0.3) is 27.5 Å². The summed E-state index contributed by atoms with van der Waals surface area (Å²) in [6.07, 6.45) is 0.967. The molecule has 1 aliphatic carbocycles. The van der Waals surface area contributed by atoms with Crippen LogP contribution in [0.2, 0.25) is 5.02 Å². The summed E-state index contributed by atoms with van der Waals surface area (Å²) in [5, 5.41) is 10.1. The first-order valence-corrected chi connectivity index (χ1v) is 18.9. The maximum Gasteiger partial charge on any atom is 0.418 e. The van der Waals surface area contributed by atoms with Crippen LogP contribution in [0.4, 0.5) is 23.2 Å². The molecule has 2 N–H and O–H groups in total. The SMILES string of the molecule is O=C(Nc1cc(C(F)(F)F)c2[nH]nc(C3CC3)c2c1)c1ccc2c(c1)nc(CN1CC=C(c3cccc(OCc4ccc(Cl)cc4F)n3)CC1)n2C[C@@H]1CCO1. The van der Waals surface area contributed by atoms with E-state index >= 15 is 0 Å². The van der Waals surface area contributed by atoms with E-state index in [0.717, 1.165) is 60.9 Å². The lowest BCUT2D eigenvalue weighted by Crippen LogP contribution is -2.33. The Hall–Kier alpha value is -5.31. The van der Waals surface area contributed by atoms with Crippen LogP contribution >= 0.6 is 11.6 Å². The molecule has 2 aliphatic heterocycles. The highest BCUT2D eigenvalue weighted by Gasteiger charge is 2.37. The first-order valence-electron chi connectivity index (χ1n) is 18.5. The Morgan fingerprint density at radius 2 is 1.91 bits per heavy atom. The third-order valence-electron chi connectivity index (χ3n) is 10.6. The smallest absolute Gasteiger partial charge is 0.418 e. The predicted octanol–water partition coefficient (Wildman–Crippen LogP) is 8.91. The minimum atomic E-state index is -4.64. The molecule has 1 atom stereocenters. The molecular weight excluding hydrogens is 750 g/mol. The molecule has 0 radical (unpaired) electrons. The number of amides is 1. The number of aromatic nitrogens is 5. The molecule has 5 heterocycles. The Balaban J connectivity index is 0.916. The van der Waals surface area contributed by atoms with E-state index in [1.54, 1.807) is 36.4 Å². The van der Waals surface area contributed by atoms with Crippen molar-refractivity contribution in [3.8, 4) is 5.88 Å². The summed E-state index contributed by atoms with van der Waals surface area (Å²) < 4.78 is 70.2. The topological polar surface area (TPSA) is 110 Å². The second-order valence-electron chi connectivity index (χ2n) is 14.5. The molecule has 0 unspecified atom stereocenters. The second-order valence-corrected chi connectivity index (χ2v) is 14.9. The van der Waals surface area contributed by atoms with E-state index < -0.39 is 23.5 Å². The molecule has 15 heteroatoms. The normalized spacial score (nSPS) is 17.6. The van der Waals surface area contributed by atoms with Gasteiger partial charge in [-0.25, -0.2) is 14.4 Å². The van der Waals surface area contributed by atoms with Gasteiger partial charge < -0.3 is 19.4 Å². The van der Waals surface area contributed by atoms with Gasteiger partial charge in [-0.1, -0.05) is 29.8 Å². The Labute approximate surface area is 323 Å². The average Bonchev–Trinajstić information content (AvgIpc) is 3.83. The van der Waals surface area contributed by atoms with Crippen LogP contribution in [0, 0.1) is 5.82 Å². The molecule has 6 aromatic rings. The quantitative estimate of drug-likeness (QED) is 0.126. The van der Waals surface area contributed by atoms with Gasteiger partial charge >= 0.3 is 6.18 Å². The van der Waals surface area contributed by atoms with Gasteiger partial charge in [-0.2, -0.15) is 18.3 Å². The van der Waals surface area contributed by atoms with Gasteiger partial charge in [0.1, 0.15) is 18.2 Å². The minimum Gasteiger partial charge on any atom is -0.473 e. The standard InChI is InChI=1S/C41H36ClF4N7O3/c42-27-8-6-26(32(43)17-27)22-56-37-3-1-2-33(49-37)23-10-13-52(14-11-23)21-36-48-34-16-25(7-9-35(34)53(36)20-29-12-15-55-29)40(54)47-28-18-30-38(24-4-5-24)50-51-39(30)31(19-28)41(44,45)46/h1-3,6-10,16-19,24,29H,4-5,11-15,20-22H2,(H,47,54)(H,50,51)/t29-/m0/s1. The number of aromatic amines is 1. The van der Waals surface area contributed by atoms with E-state index in [9.17, 15) is 22.4 Å². The molecule has 3 aliphatic rings. The molecule has 2 fully saturated rings. The molecule has 288 valence electrons. The lowest BCUT2D eigenvalue weighted by atomic mass is 10.0. The van der Waals surface area contributed by atoms with Gasteiger partial charge in [0, 0.05) is 58.9 Å². The number of alkyl halides is 3. The summed E-state index contributed by atoms with van der Waals surface area (Å²) in [5.74, 6) is 0.360. The van der Waals surface area contributed by atoms with E-state index in [-0.39, 0.29) is 35.4 Å². The summed E-state index contributed by atoms with van der Waals surface area (Å²) in [6, 6.07) is 17.7. The highest BCUT2D eigenvalue weighted by molar-refractivity contribution is 6.30. The van der Waals surface area contributed by atoms with Gasteiger partial charge in [0.05, 0.1) is 52.7 Å². The third-order valence-corrected chi connectivity index (χ3v) is 10.8. The predicted molar refractivity (Wildman–Crippen MR) is 203 cm³/mol. The zero-order chi connectivity index (χ0) is 38.6. The second kappa shape index (κ2) is 14.6. The number of imidazole rings is 1. The monoisotopic (exact) mass is 785 g/mol. The van der Waals surface area contributed by atoms with E-state index in [2.05, 4.69) is 36.0 Å². The summed E-state index contributed by atoms with van der Waals surface area (Å²) in [5.41, 5.74) is 3.68. The number of nitrogens with zero attached hydrogens (tertiary/aromatic N) is 5. The number of ether oxygens (including phenoxy) is 2. The lowest BCUT2D eigenvalue weighted by molar-refractivity contribution is -0.136. The molecule has 3 aromatic heterocycles. The maximum absolute atomic E-state index is 14.3. The molecule has 0 bridgehead atoms. The summed E-state index contributed by atoms with van der Waals surface area (Å²) in [4.78, 5) is 25.5. The fourth-order valence-electron chi connectivity index (χ4n) is 7.34. The van der Waals surface area contributed by atoms with Gasteiger partial charge in [-0.15, -0.1) is 0 Å². The van der Waals surface area contributed by atoms with Crippen molar-refractivity contribution < 1.29 is 31.8 Å². The van der Waals surface area contributed by atoms with Crippen LogP contribution in [0.15, 0.2) is 72.8 Å². The number of carbonyl (C=O) groups is 1. The number of carbonyl (C=O) groups excluding carboxylic acids is 1. The van der Waals surface area contributed by atoms with Gasteiger partial charge in [0.15, 0.2) is 0 Å². The van der Waals surface area contributed by atoms with Crippen LogP contribution in [-0.4, -0.2) is 61.3 Å². The highest BCUT2D eigenvalue weighted by Crippen LogP contribution is 2.45. The van der Waals surface area contributed by atoms with Gasteiger partial charge in [-0.05, 0) is 79.8 Å². The molecule has 56 heavy (non-hydrogen) atoms. The number of rotatable bonds is 11. The number of pyridine rings is 1. The number of benzene rings is 3. The van der Waals surface area contributed by atoms with Crippen molar-refractivity contribution in [1.29, 1.82) is 0 Å². The number of nitrogens with one attached hydrogen (secondary N) is 2. The largest absolute Gasteiger partial charge is 0.473 e. The number of anilines is 1. The number of H-pyrrole nitrogens is 1.